The highest BCUT2D eigenvalue weighted by Crippen LogP contribution is 2.16. The topological polar surface area (TPSA) is 25.8 Å². The van der Waals surface area contributed by atoms with Crippen molar-refractivity contribution in [2.45, 2.75) is 0 Å². The summed E-state index contributed by atoms with van der Waals surface area (Å²) in [6, 6.07) is 7.98. The Bertz CT molecular complexity index is 381. The van der Waals surface area contributed by atoms with E-state index in [4.69, 9.17) is 0 Å². The molecule has 0 N–H and O–H groups in total. The van der Waals surface area contributed by atoms with Crippen LogP contribution in [-0.4, -0.2) is 10.2 Å². The van der Waals surface area contributed by atoms with Crippen molar-refractivity contribution in [3.05, 3.63) is 34.0 Å². The summed E-state index contributed by atoms with van der Waals surface area (Å²) in [5.74, 6) is 0. The second-order valence-corrected chi connectivity index (χ2v) is 3.37. The third-order valence-corrected chi connectivity index (χ3v) is 2.44. The number of fused-ring (bicyclic) bond motifs is 1. The molecular weight excluding hydrogens is 251 g/mol. The minimum absolute atomic E-state index is 0.958. The molecule has 2 rings (SSSR count). The van der Waals surface area contributed by atoms with Crippen LogP contribution in [0.15, 0.2) is 30.5 Å². The van der Waals surface area contributed by atoms with Gasteiger partial charge in [0.2, 0.25) is 0 Å². The van der Waals surface area contributed by atoms with Crippen LogP contribution in [0.1, 0.15) is 0 Å². The summed E-state index contributed by atoms with van der Waals surface area (Å²) in [4.78, 5) is 0. The Labute approximate surface area is 77.8 Å². The van der Waals surface area contributed by atoms with Crippen LogP contribution in [0.3, 0.4) is 0 Å². The molecule has 0 aliphatic heterocycles. The number of nitrogens with zero attached hydrogens (tertiary/aromatic N) is 2. The van der Waals surface area contributed by atoms with E-state index in [9.17, 15) is 0 Å². The van der Waals surface area contributed by atoms with Gasteiger partial charge in [-0.2, -0.15) is 10.2 Å². The lowest BCUT2D eigenvalue weighted by molar-refractivity contribution is 1.08. The summed E-state index contributed by atoms with van der Waals surface area (Å²) in [6.45, 7) is 0. The standard InChI is InChI=1S/C8H5IN2/c9-7-2-1-3-8-6(7)4-5-10-11-8/h1-5H. The van der Waals surface area contributed by atoms with Crippen LogP contribution in [0.4, 0.5) is 0 Å². The Balaban J connectivity index is 2.91. The van der Waals surface area contributed by atoms with Crippen LogP contribution < -0.4 is 0 Å². The van der Waals surface area contributed by atoms with Gasteiger partial charge in [0, 0.05) is 8.96 Å². The average Bonchev–Trinajstić information content (AvgIpc) is 2.06. The first-order valence-electron chi connectivity index (χ1n) is 3.24. The summed E-state index contributed by atoms with van der Waals surface area (Å²) < 4.78 is 1.22. The summed E-state index contributed by atoms with van der Waals surface area (Å²) >= 11 is 2.29. The van der Waals surface area contributed by atoms with Crippen LogP contribution >= 0.6 is 22.6 Å². The number of halogens is 1. The van der Waals surface area contributed by atoms with Crippen molar-refractivity contribution in [3.63, 3.8) is 0 Å². The first kappa shape index (κ1) is 6.97. The molecule has 0 unspecified atom stereocenters. The van der Waals surface area contributed by atoms with Crippen LogP contribution in [0.25, 0.3) is 10.9 Å². The van der Waals surface area contributed by atoms with Crippen molar-refractivity contribution >= 4 is 33.5 Å². The number of rotatable bonds is 0. The Hall–Kier alpha value is -0.710. The van der Waals surface area contributed by atoms with Gasteiger partial charge in [-0.25, -0.2) is 0 Å². The van der Waals surface area contributed by atoms with Crippen molar-refractivity contribution in [3.8, 4) is 0 Å². The van der Waals surface area contributed by atoms with E-state index in [0.29, 0.717) is 0 Å². The van der Waals surface area contributed by atoms with E-state index in [2.05, 4.69) is 38.9 Å². The molecule has 1 aromatic heterocycles. The van der Waals surface area contributed by atoms with E-state index in [-0.39, 0.29) is 0 Å². The molecule has 0 amide bonds. The molecule has 0 fully saturated rings. The lowest BCUT2D eigenvalue weighted by Gasteiger charge is -1.95. The quantitative estimate of drug-likeness (QED) is 0.675. The summed E-state index contributed by atoms with van der Waals surface area (Å²) in [5.41, 5.74) is 0.958. The molecule has 3 heteroatoms. The Morgan fingerprint density at radius 3 is 2.91 bits per heavy atom. The Morgan fingerprint density at radius 2 is 2.09 bits per heavy atom. The van der Waals surface area contributed by atoms with E-state index >= 15 is 0 Å². The summed E-state index contributed by atoms with van der Waals surface area (Å²) in [6.07, 6.45) is 1.71. The van der Waals surface area contributed by atoms with E-state index in [0.717, 1.165) is 5.52 Å². The van der Waals surface area contributed by atoms with Crippen LogP contribution in [-0.2, 0) is 0 Å². The highest BCUT2D eigenvalue weighted by atomic mass is 127. The Morgan fingerprint density at radius 1 is 1.18 bits per heavy atom. The number of aromatic nitrogens is 2. The molecule has 2 nitrogen and oxygen atoms in total. The van der Waals surface area contributed by atoms with Crippen LogP contribution in [0, 0.1) is 3.57 Å². The fourth-order valence-corrected chi connectivity index (χ4v) is 1.64. The molecule has 11 heavy (non-hydrogen) atoms. The maximum absolute atomic E-state index is 3.99. The summed E-state index contributed by atoms with van der Waals surface area (Å²) in [5, 5.41) is 8.96. The normalized spacial score (nSPS) is 10.3. The largest absolute Gasteiger partial charge is 0.159 e. The molecule has 0 aliphatic carbocycles. The molecule has 1 aromatic carbocycles. The molecule has 54 valence electrons. The highest BCUT2D eigenvalue weighted by molar-refractivity contribution is 14.1. The molecule has 1 heterocycles. The van der Waals surface area contributed by atoms with Crippen molar-refractivity contribution in [1.82, 2.24) is 10.2 Å². The predicted octanol–water partition coefficient (Wildman–Crippen LogP) is 2.23. The summed E-state index contributed by atoms with van der Waals surface area (Å²) in [7, 11) is 0. The van der Waals surface area contributed by atoms with Crippen molar-refractivity contribution in [2.75, 3.05) is 0 Å². The van der Waals surface area contributed by atoms with Gasteiger partial charge < -0.3 is 0 Å². The van der Waals surface area contributed by atoms with Gasteiger partial charge in [0.05, 0.1) is 11.7 Å². The predicted molar refractivity (Wildman–Crippen MR) is 52.3 cm³/mol. The van der Waals surface area contributed by atoms with Crippen LogP contribution in [0.5, 0.6) is 0 Å². The van der Waals surface area contributed by atoms with Gasteiger partial charge >= 0.3 is 0 Å². The molecule has 2 aromatic rings. The van der Waals surface area contributed by atoms with Gasteiger partial charge in [-0.1, -0.05) is 6.07 Å². The van der Waals surface area contributed by atoms with Gasteiger partial charge in [0.25, 0.3) is 0 Å². The van der Waals surface area contributed by atoms with E-state index in [1.54, 1.807) is 6.20 Å². The minimum Gasteiger partial charge on any atom is -0.159 e. The van der Waals surface area contributed by atoms with E-state index < -0.39 is 0 Å². The van der Waals surface area contributed by atoms with Gasteiger partial charge in [0.15, 0.2) is 0 Å². The third kappa shape index (κ3) is 1.20. The zero-order chi connectivity index (χ0) is 7.68. The number of benzene rings is 1. The van der Waals surface area contributed by atoms with Gasteiger partial charge in [-0.3, -0.25) is 0 Å². The highest BCUT2D eigenvalue weighted by Gasteiger charge is 1.95. The second-order valence-electron chi connectivity index (χ2n) is 2.20. The van der Waals surface area contributed by atoms with Crippen LogP contribution in [0.2, 0.25) is 0 Å². The van der Waals surface area contributed by atoms with Gasteiger partial charge in [-0.15, -0.1) is 0 Å². The number of hydrogen-bond acceptors (Lipinski definition) is 2. The van der Waals surface area contributed by atoms with Crippen molar-refractivity contribution in [1.29, 1.82) is 0 Å². The SMILES string of the molecule is Ic1cccc2nnccc12. The van der Waals surface area contributed by atoms with Crippen molar-refractivity contribution in [2.24, 2.45) is 0 Å². The molecule has 0 saturated heterocycles. The zero-order valence-corrected chi connectivity index (χ0v) is 7.82. The maximum atomic E-state index is 3.99. The number of hydrogen-bond donors (Lipinski definition) is 0. The Kier molecular flexibility index (Phi) is 1.73. The van der Waals surface area contributed by atoms with Crippen molar-refractivity contribution < 1.29 is 0 Å². The lowest BCUT2D eigenvalue weighted by Crippen LogP contribution is -1.83. The van der Waals surface area contributed by atoms with E-state index in [1.807, 2.05) is 18.2 Å². The second kappa shape index (κ2) is 2.73. The molecule has 0 saturated carbocycles. The third-order valence-electron chi connectivity index (χ3n) is 1.50. The molecule has 0 aliphatic rings. The fraction of sp³-hybridized carbons (Fsp3) is 0. The first-order valence-corrected chi connectivity index (χ1v) is 4.32. The average molecular weight is 256 g/mol. The zero-order valence-electron chi connectivity index (χ0n) is 5.66. The maximum Gasteiger partial charge on any atom is 0.0940 e. The molecule has 0 radical (unpaired) electrons. The smallest absolute Gasteiger partial charge is 0.0940 e. The van der Waals surface area contributed by atoms with E-state index in [1.165, 1.54) is 8.96 Å². The molecule has 0 spiro atoms. The van der Waals surface area contributed by atoms with Gasteiger partial charge in [-0.05, 0) is 40.8 Å². The monoisotopic (exact) mass is 256 g/mol. The van der Waals surface area contributed by atoms with Gasteiger partial charge in [0.1, 0.15) is 0 Å². The molecule has 0 bridgehead atoms. The lowest BCUT2D eigenvalue weighted by atomic mass is 10.2. The first-order chi connectivity index (χ1) is 5.38. The molecular formula is C8H5IN2. The molecule has 0 atom stereocenters. The minimum atomic E-state index is 0.958. The fourth-order valence-electron chi connectivity index (χ4n) is 0.981.